The van der Waals surface area contributed by atoms with Crippen LogP contribution in [-0.2, 0) is 24.6 Å². The second-order valence-electron chi connectivity index (χ2n) is 4.35. The maximum Gasteiger partial charge on any atom is 0.0624 e. The zero-order valence-electron chi connectivity index (χ0n) is 11.5. The molecule has 1 aromatic rings. The number of nitrogens with one attached hydrogen (secondary N) is 1. The Balaban J connectivity index is 2.49. The standard InChI is InChI=1S/C13H25N3O/c1-5-11-9-13(16(3)15-11)8-7-12(10-17-4)14-6-2/h9,12,14H,5-8,10H2,1-4H3. The Labute approximate surface area is 104 Å². The lowest BCUT2D eigenvalue weighted by molar-refractivity contribution is 0.163. The molecule has 0 aliphatic carbocycles. The highest BCUT2D eigenvalue weighted by atomic mass is 16.5. The van der Waals surface area contributed by atoms with Crippen LogP contribution in [0.4, 0.5) is 0 Å². The van der Waals surface area contributed by atoms with Crippen molar-refractivity contribution in [2.75, 3.05) is 20.3 Å². The average molecular weight is 239 g/mol. The minimum absolute atomic E-state index is 0.435. The Bertz CT molecular complexity index is 316. The summed E-state index contributed by atoms with van der Waals surface area (Å²) >= 11 is 0. The van der Waals surface area contributed by atoms with Crippen molar-refractivity contribution in [1.29, 1.82) is 0 Å². The van der Waals surface area contributed by atoms with Crippen LogP contribution in [0.1, 0.15) is 31.7 Å². The molecule has 98 valence electrons. The van der Waals surface area contributed by atoms with Gasteiger partial charge in [0.2, 0.25) is 0 Å². The molecule has 1 heterocycles. The van der Waals surface area contributed by atoms with E-state index in [1.807, 2.05) is 11.7 Å². The molecule has 1 N–H and O–H groups in total. The van der Waals surface area contributed by atoms with Gasteiger partial charge in [0.1, 0.15) is 0 Å². The number of hydrogen-bond donors (Lipinski definition) is 1. The monoisotopic (exact) mass is 239 g/mol. The van der Waals surface area contributed by atoms with E-state index >= 15 is 0 Å². The van der Waals surface area contributed by atoms with Gasteiger partial charge in [-0.15, -0.1) is 0 Å². The van der Waals surface area contributed by atoms with Gasteiger partial charge in [0, 0.05) is 25.9 Å². The number of aryl methyl sites for hydroxylation is 3. The van der Waals surface area contributed by atoms with Crippen LogP contribution in [0.3, 0.4) is 0 Å². The Morgan fingerprint density at radius 3 is 2.76 bits per heavy atom. The summed E-state index contributed by atoms with van der Waals surface area (Å²) in [6.07, 6.45) is 3.14. The van der Waals surface area contributed by atoms with E-state index in [4.69, 9.17) is 4.74 Å². The zero-order chi connectivity index (χ0) is 12.7. The van der Waals surface area contributed by atoms with Gasteiger partial charge in [-0.1, -0.05) is 13.8 Å². The quantitative estimate of drug-likeness (QED) is 0.748. The van der Waals surface area contributed by atoms with Crippen molar-refractivity contribution < 1.29 is 4.74 Å². The third-order valence-corrected chi connectivity index (χ3v) is 3.00. The van der Waals surface area contributed by atoms with Gasteiger partial charge in [0.05, 0.1) is 12.3 Å². The summed E-state index contributed by atoms with van der Waals surface area (Å²) in [7, 11) is 3.77. The summed E-state index contributed by atoms with van der Waals surface area (Å²) < 4.78 is 7.21. The van der Waals surface area contributed by atoms with Gasteiger partial charge in [-0.2, -0.15) is 5.10 Å². The Morgan fingerprint density at radius 1 is 1.47 bits per heavy atom. The third-order valence-electron chi connectivity index (χ3n) is 3.00. The first-order valence-electron chi connectivity index (χ1n) is 6.45. The summed E-state index contributed by atoms with van der Waals surface area (Å²) in [6.45, 7) is 6.02. The maximum atomic E-state index is 5.22. The molecule has 0 radical (unpaired) electrons. The molecule has 1 rings (SSSR count). The van der Waals surface area contributed by atoms with Crippen molar-refractivity contribution in [2.45, 2.75) is 39.2 Å². The van der Waals surface area contributed by atoms with Gasteiger partial charge in [0.15, 0.2) is 0 Å². The number of ether oxygens (including phenoxy) is 1. The molecular weight excluding hydrogens is 214 g/mol. The normalized spacial score (nSPS) is 12.9. The van der Waals surface area contributed by atoms with Crippen LogP contribution in [0.25, 0.3) is 0 Å². The molecule has 1 aromatic heterocycles. The molecule has 0 aromatic carbocycles. The highest BCUT2D eigenvalue weighted by molar-refractivity contribution is 5.10. The van der Waals surface area contributed by atoms with E-state index in [0.717, 1.165) is 32.4 Å². The van der Waals surface area contributed by atoms with Gasteiger partial charge in [-0.05, 0) is 31.9 Å². The SMILES string of the molecule is CCNC(CCc1cc(CC)nn1C)COC. The number of nitrogens with zero attached hydrogens (tertiary/aromatic N) is 2. The van der Waals surface area contributed by atoms with Gasteiger partial charge in [-0.3, -0.25) is 4.68 Å². The largest absolute Gasteiger partial charge is 0.383 e. The zero-order valence-corrected chi connectivity index (χ0v) is 11.5. The Kier molecular flexibility index (Phi) is 6.22. The highest BCUT2D eigenvalue weighted by Gasteiger charge is 2.09. The number of rotatable bonds is 8. The summed E-state index contributed by atoms with van der Waals surface area (Å²) in [5, 5.41) is 7.90. The molecule has 4 heteroatoms. The van der Waals surface area contributed by atoms with Crippen LogP contribution in [0, 0.1) is 0 Å². The minimum atomic E-state index is 0.435. The predicted octanol–water partition coefficient (Wildman–Crippen LogP) is 1.54. The van der Waals surface area contributed by atoms with Gasteiger partial charge in [0.25, 0.3) is 0 Å². The molecule has 0 bridgehead atoms. The lowest BCUT2D eigenvalue weighted by Gasteiger charge is -2.16. The van der Waals surface area contributed by atoms with E-state index in [9.17, 15) is 0 Å². The smallest absolute Gasteiger partial charge is 0.0624 e. The molecule has 1 atom stereocenters. The minimum Gasteiger partial charge on any atom is -0.383 e. The maximum absolute atomic E-state index is 5.22. The van der Waals surface area contributed by atoms with Crippen molar-refractivity contribution in [2.24, 2.45) is 7.05 Å². The van der Waals surface area contributed by atoms with Gasteiger partial charge < -0.3 is 10.1 Å². The number of hydrogen-bond acceptors (Lipinski definition) is 3. The van der Waals surface area contributed by atoms with Crippen molar-refractivity contribution in [3.8, 4) is 0 Å². The third kappa shape index (κ3) is 4.48. The second-order valence-corrected chi connectivity index (χ2v) is 4.35. The topological polar surface area (TPSA) is 39.1 Å². The van der Waals surface area contributed by atoms with Crippen LogP contribution < -0.4 is 5.32 Å². The number of likely N-dealkylation sites (N-methyl/N-ethyl adjacent to an activating group) is 1. The average Bonchev–Trinajstić information content (AvgIpc) is 2.68. The van der Waals surface area contributed by atoms with Crippen LogP contribution >= 0.6 is 0 Å². The summed E-state index contributed by atoms with van der Waals surface area (Å²) in [5.41, 5.74) is 2.48. The van der Waals surface area contributed by atoms with E-state index in [0.29, 0.717) is 6.04 Å². The molecule has 0 saturated carbocycles. The molecule has 1 unspecified atom stereocenters. The molecule has 0 fully saturated rings. The van der Waals surface area contributed by atoms with E-state index in [1.165, 1.54) is 11.4 Å². The first-order chi connectivity index (χ1) is 8.21. The second kappa shape index (κ2) is 7.45. The fourth-order valence-electron chi connectivity index (χ4n) is 2.03. The van der Waals surface area contributed by atoms with Crippen LogP contribution in [-0.4, -0.2) is 36.1 Å². The van der Waals surface area contributed by atoms with E-state index in [2.05, 4.69) is 30.3 Å². The molecule has 0 aliphatic heterocycles. The van der Waals surface area contributed by atoms with Crippen molar-refractivity contribution >= 4 is 0 Å². The highest BCUT2D eigenvalue weighted by Crippen LogP contribution is 2.08. The molecule has 0 amide bonds. The van der Waals surface area contributed by atoms with Crippen LogP contribution in [0.15, 0.2) is 6.07 Å². The summed E-state index contributed by atoms with van der Waals surface area (Å²) in [6, 6.07) is 2.64. The molecule has 0 aliphatic rings. The van der Waals surface area contributed by atoms with Gasteiger partial charge in [-0.25, -0.2) is 0 Å². The molecule has 0 spiro atoms. The Hall–Kier alpha value is -0.870. The molecule has 0 saturated heterocycles. The van der Waals surface area contributed by atoms with E-state index < -0.39 is 0 Å². The lowest BCUT2D eigenvalue weighted by atomic mass is 10.1. The number of aromatic nitrogens is 2. The summed E-state index contributed by atoms with van der Waals surface area (Å²) in [5.74, 6) is 0. The fraction of sp³-hybridized carbons (Fsp3) is 0.769. The van der Waals surface area contributed by atoms with E-state index in [1.54, 1.807) is 7.11 Å². The molecular formula is C13H25N3O. The first kappa shape index (κ1) is 14.2. The predicted molar refractivity (Wildman–Crippen MR) is 70.2 cm³/mol. The van der Waals surface area contributed by atoms with Crippen molar-refractivity contribution in [3.05, 3.63) is 17.5 Å². The van der Waals surface area contributed by atoms with Crippen LogP contribution in [0.2, 0.25) is 0 Å². The number of methoxy groups -OCH3 is 1. The molecule has 4 nitrogen and oxygen atoms in total. The lowest BCUT2D eigenvalue weighted by Crippen LogP contribution is -2.33. The molecule has 17 heavy (non-hydrogen) atoms. The van der Waals surface area contributed by atoms with E-state index in [-0.39, 0.29) is 0 Å². The van der Waals surface area contributed by atoms with Crippen LogP contribution in [0.5, 0.6) is 0 Å². The van der Waals surface area contributed by atoms with Gasteiger partial charge >= 0.3 is 0 Å². The fourth-order valence-corrected chi connectivity index (χ4v) is 2.03. The van der Waals surface area contributed by atoms with Crippen molar-refractivity contribution in [1.82, 2.24) is 15.1 Å². The van der Waals surface area contributed by atoms with Crippen molar-refractivity contribution in [3.63, 3.8) is 0 Å². The Morgan fingerprint density at radius 2 is 2.24 bits per heavy atom. The first-order valence-corrected chi connectivity index (χ1v) is 6.45. The summed E-state index contributed by atoms with van der Waals surface area (Å²) in [4.78, 5) is 0.